The predicted molar refractivity (Wildman–Crippen MR) is 89.7 cm³/mol. The highest BCUT2D eigenvalue weighted by atomic mass is 19.1. The zero-order chi connectivity index (χ0) is 16.9. The summed E-state index contributed by atoms with van der Waals surface area (Å²) >= 11 is 0. The number of amides is 1. The number of hydrogen-bond donors (Lipinski definition) is 1. The molecule has 0 atom stereocenters. The van der Waals surface area contributed by atoms with Gasteiger partial charge in [-0.1, -0.05) is 19.1 Å². The van der Waals surface area contributed by atoms with Gasteiger partial charge in [-0.25, -0.2) is 14.4 Å². The number of carbonyl (C=O) groups is 1. The maximum absolute atomic E-state index is 13.7. The monoisotopic (exact) mass is 329 g/mol. The molecule has 0 bridgehead atoms. The van der Waals surface area contributed by atoms with Crippen LogP contribution < -0.4 is 5.32 Å². The van der Waals surface area contributed by atoms with Gasteiger partial charge in [0.1, 0.15) is 23.7 Å². The van der Waals surface area contributed by atoms with E-state index in [0.717, 1.165) is 19.6 Å². The largest absolute Gasteiger partial charge is 0.338 e. The Morgan fingerprint density at radius 1 is 1.21 bits per heavy atom. The molecule has 2 heterocycles. The smallest absolute Gasteiger partial charge is 0.272 e. The Morgan fingerprint density at radius 3 is 2.67 bits per heavy atom. The lowest BCUT2D eigenvalue weighted by Crippen LogP contribution is -2.48. The van der Waals surface area contributed by atoms with E-state index in [1.807, 2.05) is 0 Å². The molecule has 24 heavy (non-hydrogen) atoms. The van der Waals surface area contributed by atoms with E-state index in [4.69, 9.17) is 0 Å². The highest BCUT2D eigenvalue weighted by Gasteiger charge is 2.22. The number of nitrogens with zero attached hydrogens (tertiary/aromatic N) is 4. The Balaban J connectivity index is 1.71. The second-order valence-corrected chi connectivity index (χ2v) is 5.62. The van der Waals surface area contributed by atoms with Gasteiger partial charge in [0.2, 0.25) is 0 Å². The molecule has 3 rings (SSSR count). The minimum atomic E-state index is -0.375. The standard InChI is InChI=1S/C17H20FN5O/c1-2-22-7-9-23(10-8-22)17(24)15-11-16(20-12-19-15)21-14-6-4-3-5-13(14)18/h3-6,11-12H,2,7-10H2,1H3,(H,19,20,21). The van der Waals surface area contributed by atoms with E-state index in [2.05, 4.69) is 27.1 Å². The fourth-order valence-electron chi connectivity index (χ4n) is 2.67. The predicted octanol–water partition coefficient (Wildman–Crippen LogP) is 2.14. The number of piperazine rings is 1. The molecule has 1 aromatic carbocycles. The third-order valence-electron chi connectivity index (χ3n) is 4.13. The Kier molecular flexibility index (Phi) is 5.00. The van der Waals surface area contributed by atoms with Crippen molar-refractivity contribution in [2.24, 2.45) is 0 Å². The molecule has 2 aromatic rings. The van der Waals surface area contributed by atoms with Crippen molar-refractivity contribution >= 4 is 17.4 Å². The van der Waals surface area contributed by atoms with Crippen molar-refractivity contribution in [3.8, 4) is 0 Å². The van der Waals surface area contributed by atoms with Crippen LogP contribution in [0.15, 0.2) is 36.7 Å². The quantitative estimate of drug-likeness (QED) is 0.931. The van der Waals surface area contributed by atoms with Gasteiger partial charge in [-0.2, -0.15) is 0 Å². The van der Waals surface area contributed by atoms with Gasteiger partial charge in [0.25, 0.3) is 5.91 Å². The molecule has 0 spiro atoms. The van der Waals surface area contributed by atoms with Crippen LogP contribution in [0, 0.1) is 5.82 Å². The Hall–Kier alpha value is -2.54. The molecule has 0 aliphatic carbocycles. The number of rotatable bonds is 4. The van der Waals surface area contributed by atoms with E-state index in [0.29, 0.717) is 30.3 Å². The SMILES string of the molecule is CCN1CCN(C(=O)c2cc(Nc3ccccc3F)ncn2)CC1. The summed E-state index contributed by atoms with van der Waals surface area (Å²) in [5, 5.41) is 2.88. The first-order valence-corrected chi connectivity index (χ1v) is 8.02. The van der Waals surface area contributed by atoms with Crippen LogP contribution in [-0.2, 0) is 0 Å². The van der Waals surface area contributed by atoms with Gasteiger partial charge in [-0.3, -0.25) is 4.79 Å². The number of anilines is 2. The van der Waals surface area contributed by atoms with Crippen molar-refractivity contribution < 1.29 is 9.18 Å². The highest BCUT2D eigenvalue weighted by Crippen LogP contribution is 2.18. The number of nitrogens with one attached hydrogen (secondary N) is 1. The van der Waals surface area contributed by atoms with E-state index in [9.17, 15) is 9.18 Å². The first-order valence-electron chi connectivity index (χ1n) is 8.02. The van der Waals surface area contributed by atoms with Crippen LogP contribution in [0.2, 0.25) is 0 Å². The maximum atomic E-state index is 13.7. The highest BCUT2D eigenvalue weighted by molar-refractivity contribution is 5.93. The van der Waals surface area contributed by atoms with Crippen LogP contribution in [0.25, 0.3) is 0 Å². The summed E-state index contributed by atoms with van der Waals surface area (Å²) in [5.74, 6) is -0.102. The third kappa shape index (κ3) is 3.68. The lowest BCUT2D eigenvalue weighted by Gasteiger charge is -2.33. The minimum Gasteiger partial charge on any atom is -0.338 e. The van der Waals surface area contributed by atoms with Gasteiger partial charge in [0.15, 0.2) is 0 Å². The second kappa shape index (κ2) is 7.35. The van der Waals surface area contributed by atoms with Crippen LogP contribution in [0.3, 0.4) is 0 Å². The molecule has 1 aromatic heterocycles. The molecule has 1 fully saturated rings. The summed E-state index contributed by atoms with van der Waals surface area (Å²) in [5.41, 5.74) is 0.625. The summed E-state index contributed by atoms with van der Waals surface area (Å²) in [7, 11) is 0. The van der Waals surface area contributed by atoms with Crippen LogP contribution in [-0.4, -0.2) is 58.4 Å². The Bertz CT molecular complexity index is 716. The molecule has 7 heteroatoms. The zero-order valence-corrected chi connectivity index (χ0v) is 13.6. The molecule has 0 unspecified atom stereocenters. The minimum absolute atomic E-state index is 0.121. The third-order valence-corrected chi connectivity index (χ3v) is 4.13. The molecular formula is C17H20FN5O. The van der Waals surface area contributed by atoms with Crippen LogP contribution in [0.5, 0.6) is 0 Å². The van der Waals surface area contributed by atoms with Gasteiger partial charge in [-0.15, -0.1) is 0 Å². The van der Waals surface area contributed by atoms with Crippen molar-refractivity contribution in [2.45, 2.75) is 6.92 Å². The van der Waals surface area contributed by atoms with E-state index < -0.39 is 0 Å². The summed E-state index contributed by atoms with van der Waals surface area (Å²) in [6.07, 6.45) is 1.32. The van der Waals surface area contributed by atoms with Crippen molar-refractivity contribution in [3.05, 3.63) is 48.2 Å². The summed E-state index contributed by atoms with van der Waals surface area (Å²) in [4.78, 5) is 24.8. The van der Waals surface area contributed by atoms with Gasteiger partial charge in [0.05, 0.1) is 5.69 Å². The normalized spacial score (nSPS) is 15.3. The molecular weight excluding hydrogens is 309 g/mol. The molecule has 1 saturated heterocycles. The number of benzene rings is 1. The Labute approximate surface area is 140 Å². The van der Waals surface area contributed by atoms with E-state index in [1.165, 1.54) is 12.4 Å². The summed E-state index contributed by atoms with van der Waals surface area (Å²) in [6.45, 7) is 6.22. The summed E-state index contributed by atoms with van der Waals surface area (Å²) < 4.78 is 13.7. The second-order valence-electron chi connectivity index (χ2n) is 5.62. The van der Waals surface area contributed by atoms with Gasteiger partial charge in [-0.05, 0) is 18.7 Å². The molecule has 0 radical (unpaired) electrons. The van der Waals surface area contributed by atoms with E-state index in [-0.39, 0.29) is 11.7 Å². The lowest BCUT2D eigenvalue weighted by atomic mass is 10.2. The molecule has 0 saturated carbocycles. The van der Waals surface area contributed by atoms with Gasteiger partial charge in [0, 0.05) is 32.2 Å². The van der Waals surface area contributed by atoms with Crippen molar-refractivity contribution in [2.75, 3.05) is 38.0 Å². The zero-order valence-electron chi connectivity index (χ0n) is 13.6. The molecule has 1 amide bonds. The summed E-state index contributed by atoms with van der Waals surface area (Å²) in [6, 6.07) is 7.88. The number of aromatic nitrogens is 2. The number of halogens is 1. The molecule has 126 valence electrons. The molecule has 1 aliphatic rings. The first-order chi connectivity index (χ1) is 11.7. The fourth-order valence-corrected chi connectivity index (χ4v) is 2.67. The van der Waals surface area contributed by atoms with Crippen LogP contribution >= 0.6 is 0 Å². The Morgan fingerprint density at radius 2 is 1.96 bits per heavy atom. The maximum Gasteiger partial charge on any atom is 0.272 e. The molecule has 6 nitrogen and oxygen atoms in total. The van der Waals surface area contributed by atoms with Crippen molar-refractivity contribution in [1.82, 2.24) is 19.8 Å². The van der Waals surface area contributed by atoms with Crippen molar-refractivity contribution in [3.63, 3.8) is 0 Å². The number of hydrogen-bond acceptors (Lipinski definition) is 5. The topological polar surface area (TPSA) is 61.4 Å². The fraction of sp³-hybridized carbons (Fsp3) is 0.353. The number of carbonyl (C=O) groups excluding carboxylic acids is 1. The van der Waals surface area contributed by atoms with Crippen molar-refractivity contribution in [1.29, 1.82) is 0 Å². The molecule has 1 aliphatic heterocycles. The van der Waals surface area contributed by atoms with E-state index >= 15 is 0 Å². The molecule has 1 N–H and O–H groups in total. The van der Waals surface area contributed by atoms with Crippen LogP contribution in [0.1, 0.15) is 17.4 Å². The van der Waals surface area contributed by atoms with Crippen LogP contribution in [0.4, 0.5) is 15.9 Å². The lowest BCUT2D eigenvalue weighted by molar-refractivity contribution is 0.0637. The average molecular weight is 329 g/mol. The van der Waals surface area contributed by atoms with Gasteiger partial charge >= 0.3 is 0 Å². The number of para-hydroxylation sites is 1. The number of likely N-dealkylation sites (N-methyl/N-ethyl adjacent to an activating group) is 1. The van der Waals surface area contributed by atoms with E-state index in [1.54, 1.807) is 29.2 Å². The average Bonchev–Trinajstić information content (AvgIpc) is 2.63. The first kappa shape index (κ1) is 16.3. The van der Waals surface area contributed by atoms with Gasteiger partial charge < -0.3 is 15.1 Å².